The van der Waals surface area contributed by atoms with Gasteiger partial charge in [0.05, 0.1) is 12.1 Å². The van der Waals surface area contributed by atoms with Crippen LogP contribution in [-0.4, -0.2) is 25.4 Å². The van der Waals surface area contributed by atoms with E-state index in [2.05, 4.69) is 5.10 Å². The molecule has 1 aromatic carbocycles. The average Bonchev–Trinajstić information content (AvgIpc) is 3.05. The first-order valence-electron chi connectivity index (χ1n) is 6.04. The van der Waals surface area contributed by atoms with Crippen LogP contribution in [0.4, 0.5) is 0 Å². The van der Waals surface area contributed by atoms with Crippen LogP contribution in [0.1, 0.15) is 10.4 Å². The van der Waals surface area contributed by atoms with E-state index in [1.54, 1.807) is 18.3 Å². The number of carbonyl (C=O) groups is 1. The zero-order valence-electron chi connectivity index (χ0n) is 10.2. The standard InChI is InChI=1S/C14H13N3O2/c18-14(19)12-3-1-4-13-11(12)5-8-16(13)9-10-17-7-2-6-15-17/h1-8H,9-10H2,(H,18,19). The number of carboxylic acid groups (broad SMARTS) is 1. The third kappa shape index (κ3) is 2.10. The lowest BCUT2D eigenvalue weighted by Crippen LogP contribution is -2.07. The number of hydrogen-bond donors (Lipinski definition) is 1. The van der Waals surface area contributed by atoms with Gasteiger partial charge in [0.2, 0.25) is 0 Å². The molecule has 0 unspecified atom stereocenters. The number of nitrogens with zero attached hydrogens (tertiary/aromatic N) is 3. The van der Waals surface area contributed by atoms with Crippen molar-refractivity contribution in [2.24, 2.45) is 0 Å². The van der Waals surface area contributed by atoms with Crippen molar-refractivity contribution in [3.63, 3.8) is 0 Å². The van der Waals surface area contributed by atoms with E-state index in [1.165, 1.54) is 0 Å². The van der Waals surface area contributed by atoms with Crippen molar-refractivity contribution in [1.82, 2.24) is 14.3 Å². The molecule has 2 aromatic heterocycles. The maximum absolute atomic E-state index is 11.1. The van der Waals surface area contributed by atoms with Crippen LogP contribution in [0.2, 0.25) is 0 Å². The van der Waals surface area contributed by atoms with Gasteiger partial charge in [-0.2, -0.15) is 5.10 Å². The zero-order chi connectivity index (χ0) is 13.2. The van der Waals surface area contributed by atoms with Gasteiger partial charge in [-0.1, -0.05) is 6.07 Å². The summed E-state index contributed by atoms with van der Waals surface area (Å²) in [6, 6.07) is 9.07. The van der Waals surface area contributed by atoms with Crippen molar-refractivity contribution >= 4 is 16.9 Å². The molecule has 1 N–H and O–H groups in total. The fourth-order valence-electron chi connectivity index (χ4n) is 2.25. The Kier molecular flexibility index (Phi) is 2.79. The molecule has 0 radical (unpaired) electrons. The van der Waals surface area contributed by atoms with Gasteiger partial charge >= 0.3 is 5.97 Å². The highest BCUT2D eigenvalue weighted by molar-refractivity contribution is 6.02. The number of fused-ring (bicyclic) bond motifs is 1. The molecule has 0 saturated heterocycles. The molecule has 5 heteroatoms. The molecule has 0 aliphatic carbocycles. The lowest BCUT2D eigenvalue weighted by atomic mass is 10.1. The highest BCUT2D eigenvalue weighted by Crippen LogP contribution is 2.20. The molecule has 0 amide bonds. The van der Waals surface area contributed by atoms with Crippen molar-refractivity contribution in [3.8, 4) is 0 Å². The van der Waals surface area contributed by atoms with Crippen molar-refractivity contribution in [2.75, 3.05) is 0 Å². The first-order chi connectivity index (χ1) is 9.25. The molecule has 5 nitrogen and oxygen atoms in total. The summed E-state index contributed by atoms with van der Waals surface area (Å²) in [7, 11) is 0. The minimum atomic E-state index is -0.893. The first-order valence-corrected chi connectivity index (χ1v) is 6.04. The van der Waals surface area contributed by atoms with E-state index in [0.717, 1.165) is 24.0 Å². The van der Waals surface area contributed by atoms with Gasteiger partial charge < -0.3 is 9.67 Å². The van der Waals surface area contributed by atoms with Crippen molar-refractivity contribution in [2.45, 2.75) is 13.1 Å². The second-order valence-electron chi connectivity index (χ2n) is 4.32. The molecule has 0 bridgehead atoms. The van der Waals surface area contributed by atoms with Crippen molar-refractivity contribution in [3.05, 3.63) is 54.5 Å². The molecule has 3 rings (SSSR count). The normalized spacial score (nSPS) is 10.9. The van der Waals surface area contributed by atoms with Gasteiger partial charge in [0.25, 0.3) is 0 Å². The van der Waals surface area contributed by atoms with Gasteiger partial charge in [0.1, 0.15) is 0 Å². The van der Waals surface area contributed by atoms with Crippen LogP contribution < -0.4 is 0 Å². The molecule has 0 aliphatic heterocycles. The summed E-state index contributed by atoms with van der Waals surface area (Å²) < 4.78 is 3.90. The predicted molar refractivity (Wildman–Crippen MR) is 71.1 cm³/mol. The Bertz CT molecular complexity index is 713. The van der Waals surface area contributed by atoms with Crippen LogP contribution in [0.5, 0.6) is 0 Å². The molecular formula is C14H13N3O2. The molecule has 0 saturated carbocycles. The largest absolute Gasteiger partial charge is 0.478 e. The van der Waals surface area contributed by atoms with Crippen LogP contribution in [0.15, 0.2) is 48.9 Å². The summed E-state index contributed by atoms with van der Waals surface area (Å²) in [4.78, 5) is 11.1. The van der Waals surface area contributed by atoms with Gasteiger partial charge in [-0.15, -0.1) is 0 Å². The highest BCUT2D eigenvalue weighted by atomic mass is 16.4. The van der Waals surface area contributed by atoms with Gasteiger partial charge in [-0.3, -0.25) is 4.68 Å². The van der Waals surface area contributed by atoms with E-state index in [0.29, 0.717) is 5.56 Å². The fraction of sp³-hybridized carbons (Fsp3) is 0.143. The maximum Gasteiger partial charge on any atom is 0.336 e. The molecule has 0 atom stereocenters. The number of aromatic nitrogens is 3. The minimum Gasteiger partial charge on any atom is -0.478 e. The number of aryl methyl sites for hydroxylation is 2. The third-order valence-corrected chi connectivity index (χ3v) is 3.17. The summed E-state index contributed by atoms with van der Waals surface area (Å²) in [5.41, 5.74) is 1.28. The van der Waals surface area contributed by atoms with Crippen LogP contribution in [0.3, 0.4) is 0 Å². The maximum atomic E-state index is 11.1. The minimum absolute atomic E-state index is 0.343. The Labute approximate surface area is 109 Å². The molecule has 0 spiro atoms. The number of carboxylic acids is 1. The van der Waals surface area contributed by atoms with Crippen LogP contribution in [0.25, 0.3) is 10.9 Å². The smallest absolute Gasteiger partial charge is 0.336 e. The zero-order valence-corrected chi connectivity index (χ0v) is 10.2. The summed E-state index contributed by atoms with van der Waals surface area (Å²) >= 11 is 0. The van der Waals surface area contributed by atoms with Crippen molar-refractivity contribution < 1.29 is 9.90 Å². The Hall–Kier alpha value is -2.56. The summed E-state index contributed by atoms with van der Waals surface area (Å²) in [6.07, 6.45) is 5.57. The topological polar surface area (TPSA) is 60.0 Å². The van der Waals surface area contributed by atoms with Crippen LogP contribution in [0, 0.1) is 0 Å². The molecule has 19 heavy (non-hydrogen) atoms. The first kappa shape index (κ1) is 11.5. The lowest BCUT2D eigenvalue weighted by molar-refractivity contribution is 0.0699. The van der Waals surface area contributed by atoms with Crippen LogP contribution in [-0.2, 0) is 13.1 Å². The molecule has 2 heterocycles. The molecule has 96 valence electrons. The third-order valence-electron chi connectivity index (χ3n) is 3.17. The number of aromatic carboxylic acids is 1. The van der Waals surface area contributed by atoms with E-state index >= 15 is 0 Å². The monoisotopic (exact) mass is 255 g/mol. The lowest BCUT2D eigenvalue weighted by Gasteiger charge is -2.06. The van der Waals surface area contributed by atoms with Gasteiger partial charge in [-0.25, -0.2) is 4.79 Å². The Morgan fingerprint density at radius 1 is 1.16 bits per heavy atom. The van der Waals surface area contributed by atoms with E-state index in [1.807, 2.05) is 39.8 Å². The van der Waals surface area contributed by atoms with Gasteiger partial charge in [0.15, 0.2) is 0 Å². The predicted octanol–water partition coefficient (Wildman–Crippen LogP) is 2.24. The van der Waals surface area contributed by atoms with E-state index in [9.17, 15) is 4.79 Å². The Morgan fingerprint density at radius 3 is 2.79 bits per heavy atom. The van der Waals surface area contributed by atoms with Gasteiger partial charge in [-0.05, 0) is 24.3 Å². The quantitative estimate of drug-likeness (QED) is 0.777. The molecular weight excluding hydrogens is 242 g/mol. The number of benzene rings is 1. The van der Waals surface area contributed by atoms with E-state index in [4.69, 9.17) is 5.11 Å². The summed E-state index contributed by atoms with van der Waals surface area (Å²) in [6.45, 7) is 1.52. The summed E-state index contributed by atoms with van der Waals surface area (Å²) in [5, 5.41) is 14.1. The molecule has 3 aromatic rings. The van der Waals surface area contributed by atoms with Gasteiger partial charge in [0, 0.05) is 36.0 Å². The SMILES string of the molecule is O=C(O)c1cccc2c1ccn2CCn1cccn1. The summed E-state index contributed by atoms with van der Waals surface area (Å²) in [5.74, 6) is -0.893. The highest BCUT2D eigenvalue weighted by Gasteiger charge is 2.10. The molecule has 0 fully saturated rings. The molecule has 0 aliphatic rings. The van der Waals surface area contributed by atoms with Crippen LogP contribution >= 0.6 is 0 Å². The Morgan fingerprint density at radius 2 is 2.05 bits per heavy atom. The average molecular weight is 255 g/mol. The fourth-order valence-corrected chi connectivity index (χ4v) is 2.25. The van der Waals surface area contributed by atoms with E-state index in [-0.39, 0.29) is 0 Å². The van der Waals surface area contributed by atoms with E-state index < -0.39 is 5.97 Å². The second kappa shape index (κ2) is 4.61. The van der Waals surface area contributed by atoms with Crippen molar-refractivity contribution in [1.29, 1.82) is 0 Å². The second-order valence-corrected chi connectivity index (χ2v) is 4.32. The number of hydrogen-bond acceptors (Lipinski definition) is 2. The Balaban J connectivity index is 1.92. The number of rotatable bonds is 4.